The maximum Gasteiger partial charge on any atom is 0.573 e. The first-order valence-corrected chi connectivity index (χ1v) is 13.9. The van der Waals surface area contributed by atoms with Crippen molar-refractivity contribution in [3.05, 3.63) is 113 Å². The molecule has 0 saturated heterocycles. The smallest absolute Gasteiger partial charge is 0.406 e. The summed E-state index contributed by atoms with van der Waals surface area (Å²) >= 11 is 0. The molecule has 0 bridgehead atoms. The van der Waals surface area contributed by atoms with Crippen LogP contribution < -0.4 is 10.1 Å². The van der Waals surface area contributed by atoms with Gasteiger partial charge in [0.1, 0.15) is 11.6 Å². The molecule has 1 aromatic heterocycles. The lowest BCUT2D eigenvalue weighted by Gasteiger charge is -2.11. The number of H-pyrrole nitrogens is 1. The number of aryl methyl sites for hydroxylation is 1. The summed E-state index contributed by atoms with van der Waals surface area (Å²) in [6, 6.07) is 13.7. The second kappa shape index (κ2) is 12.7. The molecule has 0 aliphatic heterocycles. The largest absolute Gasteiger partial charge is 0.573 e. The fraction of sp³-hybridized carbons (Fsp3) is 0.172. The molecule has 2 N–H and O–H groups in total. The number of rotatable bonds is 9. The van der Waals surface area contributed by atoms with Gasteiger partial charge in [0, 0.05) is 29.4 Å². The number of halogens is 4. The van der Waals surface area contributed by atoms with Gasteiger partial charge in [0.05, 0.1) is 16.8 Å². The molecule has 0 radical (unpaired) electrons. The van der Waals surface area contributed by atoms with E-state index in [4.69, 9.17) is 0 Å². The van der Waals surface area contributed by atoms with E-state index >= 15 is 0 Å². The Labute approximate surface area is 233 Å². The van der Waals surface area contributed by atoms with E-state index in [1.807, 2.05) is 0 Å². The van der Waals surface area contributed by atoms with Gasteiger partial charge in [-0.2, -0.15) is 5.10 Å². The first kappa shape index (κ1) is 29.4. The van der Waals surface area contributed by atoms with Crippen molar-refractivity contribution in [3.8, 4) is 17.6 Å². The Bertz CT molecular complexity index is 1660. The first-order valence-electron chi connectivity index (χ1n) is 12.2. The van der Waals surface area contributed by atoms with E-state index in [9.17, 15) is 30.8 Å². The molecule has 0 atom stereocenters. The Morgan fingerprint density at radius 3 is 2.37 bits per heavy atom. The number of nitrogens with one attached hydrogen (secondary N) is 2. The van der Waals surface area contributed by atoms with Crippen molar-refractivity contribution >= 4 is 15.7 Å². The zero-order valence-electron chi connectivity index (χ0n) is 21.3. The number of nitrogens with zero attached hydrogens (tertiary/aromatic N) is 1. The normalized spacial score (nSPS) is 11.4. The molecule has 0 aliphatic carbocycles. The fourth-order valence-electron chi connectivity index (χ4n) is 3.81. The van der Waals surface area contributed by atoms with Crippen molar-refractivity contribution in [2.24, 2.45) is 0 Å². The third kappa shape index (κ3) is 8.68. The molecular formula is C29H23F4N3O4S. The van der Waals surface area contributed by atoms with E-state index in [1.165, 1.54) is 54.6 Å². The van der Waals surface area contributed by atoms with Crippen LogP contribution in [0.3, 0.4) is 0 Å². The number of aromatic amines is 1. The maximum atomic E-state index is 13.4. The first-order chi connectivity index (χ1) is 19.5. The van der Waals surface area contributed by atoms with Crippen LogP contribution in [0, 0.1) is 17.7 Å². The van der Waals surface area contributed by atoms with Crippen LogP contribution in [-0.2, 0) is 22.0 Å². The van der Waals surface area contributed by atoms with E-state index in [0.717, 1.165) is 17.7 Å². The lowest BCUT2D eigenvalue weighted by atomic mass is 10.1. The number of sulfone groups is 1. The summed E-state index contributed by atoms with van der Waals surface area (Å²) in [6.45, 7) is 0.370. The molecule has 1 amide bonds. The highest BCUT2D eigenvalue weighted by Crippen LogP contribution is 2.26. The highest BCUT2D eigenvalue weighted by Gasteiger charge is 2.31. The lowest BCUT2D eigenvalue weighted by Crippen LogP contribution is -2.25. The molecule has 41 heavy (non-hydrogen) atoms. The standard InChI is InChI=1S/C29H23F4N3O4S/c30-25-10-4-20(5-11-25)3-8-23-16-24(28(37)34-15-1-2-22-17-35-36-18-22)9-14-27(23)41(38,39)19-21-6-12-26(13-7-21)40-29(31,32)33/h4-7,9-14,16-18H,1-2,15,19H2,(H,34,37)(H,35,36). The van der Waals surface area contributed by atoms with Gasteiger partial charge in [0.2, 0.25) is 0 Å². The maximum absolute atomic E-state index is 13.4. The van der Waals surface area contributed by atoms with E-state index in [0.29, 0.717) is 24.9 Å². The molecule has 4 rings (SSSR count). The minimum absolute atomic E-state index is 0.0393. The van der Waals surface area contributed by atoms with Gasteiger partial charge in [-0.15, -0.1) is 13.2 Å². The van der Waals surface area contributed by atoms with Crippen molar-refractivity contribution in [1.82, 2.24) is 15.5 Å². The molecule has 212 valence electrons. The number of alkyl halides is 3. The zero-order chi connectivity index (χ0) is 29.5. The number of hydrogen-bond acceptors (Lipinski definition) is 5. The van der Waals surface area contributed by atoms with Crippen LogP contribution in [0.4, 0.5) is 17.6 Å². The Morgan fingerprint density at radius 1 is 0.976 bits per heavy atom. The van der Waals surface area contributed by atoms with Crippen LogP contribution in [-0.4, -0.2) is 37.4 Å². The van der Waals surface area contributed by atoms with Crippen molar-refractivity contribution in [2.45, 2.75) is 29.9 Å². The molecular weight excluding hydrogens is 562 g/mol. The monoisotopic (exact) mass is 585 g/mol. The summed E-state index contributed by atoms with van der Waals surface area (Å²) in [5.41, 5.74) is 1.86. The number of hydrogen-bond donors (Lipinski definition) is 2. The van der Waals surface area contributed by atoms with Crippen LogP contribution in [0.15, 0.2) is 84.0 Å². The fourth-order valence-corrected chi connectivity index (χ4v) is 5.32. The average molecular weight is 586 g/mol. The second-order valence-corrected chi connectivity index (χ2v) is 10.8. The summed E-state index contributed by atoms with van der Waals surface area (Å²) in [7, 11) is -4.06. The van der Waals surface area contributed by atoms with Gasteiger partial charge in [-0.25, -0.2) is 12.8 Å². The van der Waals surface area contributed by atoms with Crippen LogP contribution >= 0.6 is 0 Å². The van der Waals surface area contributed by atoms with Gasteiger partial charge in [0.15, 0.2) is 9.84 Å². The molecule has 0 fully saturated rings. The van der Waals surface area contributed by atoms with Crippen molar-refractivity contribution in [1.29, 1.82) is 0 Å². The SMILES string of the molecule is O=C(NCCCc1cn[nH]c1)c1ccc(S(=O)(=O)Cc2ccc(OC(F)(F)F)cc2)c(C#Cc2ccc(F)cc2)c1. The molecule has 1 heterocycles. The van der Waals surface area contributed by atoms with E-state index in [1.54, 1.807) is 12.4 Å². The summed E-state index contributed by atoms with van der Waals surface area (Å²) in [6.07, 6.45) is -0.0670. The number of benzene rings is 3. The Balaban J connectivity index is 1.57. The quantitative estimate of drug-likeness (QED) is 0.160. The molecule has 0 unspecified atom stereocenters. The predicted octanol–water partition coefficient (Wildman–Crippen LogP) is 5.18. The van der Waals surface area contributed by atoms with Gasteiger partial charge in [-0.1, -0.05) is 24.0 Å². The minimum Gasteiger partial charge on any atom is -0.406 e. The summed E-state index contributed by atoms with van der Waals surface area (Å²) < 4.78 is 81.2. The van der Waals surface area contributed by atoms with Crippen molar-refractivity contribution in [2.75, 3.05) is 6.54 Å². The van der Waals surface area contributed by atoms with Crippen LogP contribution in [0.5, 0.6) is 5.75 Å². The third-order valence-electron chi connectivity index (χ3n) is 5.76. The number of aromatic nitrogens is 2. The summed E-state index contributed by atoms with van der Waals surface area (Å²) in [4.78, 5) is 12.6. The van der Waals surface area contributed by atoms with Crippen LogP contribution in [0.25, 0.3) is 0 Å². The predicted molar refractivity (Wildman–Crippen MR) is 142 cm³/mol. The number of amides is 1. The molecule has 0 spiro atoms. The average Bonchev–Trinajstić information content (AvgIpc) is 3.44. The molecule has 7 nitrogen and oxygen atoms in total. The number of carbonyl (C=O) groups excluding carboxylic acids is 1. The van der Waals surface area contributed by atoms with E-state index in [2.05, 4.69) is 32.1 Å². The molecule has 4 aromatic rings. The summed E-state index contributed by atoms with van der Waals surface area (Å²) in [5, 5.41) is 9.37. The van der Waals surface area contributed by atoms with Gasteiger partial charge >= 0.3 is 6.36 Å². The third-order valence-corrected chi connectivity index (χ3v) is 7.50. The van der Waals surface area contributed by atoms with Crippen LogP contribution in [0.2, 0.25) is 0 Å². The topological polar surface area (TPSA) is 101 Å². The van der Waals surface area contributed by atoms with E-state index in [-0.39, 0.29) is 21.6 Å². The van der Waals surface area contributed by atoms with Gasteiger partial charge in [-0.05, 0) is 78.6 Å². The van der Waals surface area contributed by atoms with Gasteiger partial charge in [-0.3, -0.25) is 9.89 Å². The second-order valence-electron chi connectivity index (χ2n) is 8.88. The molecule has 3 aromatic carbocycles. The van der Waals surface area contributed by atoms with Crippen molar-refractivity contribution in [3.63, 3.8) is 0 Å². The Kier molecular flexibility index (Phi) is 9.09. The molecule has 12 heteroatoms. The Morgan fingerprint density at radius 2 is 1.71 bits per heavy atom. The lowest BCUT2D eigenvalue weighted by molar-refractivity contribution is -0.274. The van der Waals surface area contributed by atoms with Gasteiger partial charge in [0.25, 0.3) is 5.91 Å². The van der Waals surface area contributed by atoms with Gasteiger partial charge < -0.3 is 10.1 Å². The number of carbonyl (C=O) groups is 1. The minimum atomic E-state index is -4.88. The Hall–Kier alpha value is -4.63. The molecule has 0 aliphatic rings. The highest BCUT2D eigenvalue weighted by atomic mass is 32.2. The number of ether oxygens (including phenoxy) is 1. The van der Waals surface area contributed by atoms with Crippen LogP contribution in [0.1, 0.15) is 39.0 Å². The van der Waals surface area contributed by atoms with E-state index < -0.39 is 39.4 Å². The molecule has 0 saturated carbocycles. The summed E-state index contributed by atoms with van der Waals surface area (Å²) in [5.74, 6) is 3.65. The van der Waals surface area contributed by atoms with Crippen molar-refractivity contribution < 1.29 is 35.5 Å². The zero-order valence-corrected chi connectivity index (χ0v) is 22.2. The highest BCUT2D eigenvalue weighted by molar-refractivity contribution is 7.90.